The van der Waals surface area contributed by atoms with Crippen molar-refractivity contribution in [1.29, 1.82) is 0 Å². The van der Waals surface area contributed by atoms with Gasteiger partial charge in [-0.2, -0.15) is 4.98 Å². The summed E-state index contributed by atoms with van der Waals surface area (Å²) in [5.74, 6) is 1.99. The van der Waals surface area contributed by atoms with Crippen molar-refractivity contribution in [2.24, 2.45) is 0 Å². The van der Waals surface area contributed by atoms with Crippen LogP contribution in [-0.4, -0.2) is 86.5 Å². The summed E-state index contributed by atoms with van der Waals surface area (Å²) in [7, 11) is 0. The van der Waals surface area contributed by atoms with E-state index in [1.165, 1.54) is 38.9 Å². The predicted molar refractivity (Wildman–Crippen MR) is 123 cm³/mol. The molecule has 0 amide bonds. The van der Waals surface area contributed by atoms with Crippen LogP contribution in [0.4, 0.5) is 11.8 Å². The lowest BCUT2D eigenvalue weighted by Crippen LogP contribution is -2.46. The van der Waals surface area contributed by atoms with Crippen LogP contribution >= 0.6 is 24.8 Å². The molecule has 7 nitrogen and oxygen atoms in total. The molecule has 3 aliphatic rings. The fraction of sp³-hybridized carbons (Fsp3) is 0.800. The minimum Gasteiger partial charge on any atom is -0.378 e. The van der Waals surface area contributed by atoms with Crippen LogP contribution in [0.1, 0.15) is 31.9 Å². The molecule has 0 spiro atoms. The van der Waals surface area contributed by atoms with Crippen LogP contribution in [0.5, 0.6) is 0 Å². The topological polar surface area (TPSA) is 56.8 Å². The minimum atomic E-state index is 0. The smallest absolute Gasteiger partial charge is 0.227 e. The molecule has 29 heavy (non-hydrogen) atoms. The normalized spacial score (nSPS) is 21.8. The fourth-order valence-electron chi connectivity index (χ4n) is 4.41. The first-order valence-electron chi connectivity index (χ1n) is 10.7. The molecule has 0 aromatic carbocycles. The number of aryl methyl sites for hydroxylation is 1. The Morgan fingerprint density at radius 3 is 2.45 bits per heavy atom. The molecule has 4 rings (SSSR count). The molecule has 0 saturated carbocycles. The highest BCUT2D eigenvalue weighted by Gasteiger charge is 2.26. The van der Waals surface area contributed by atoms with Crippen LogP contribution in [-0.2, 0) is 11.2 Å². The average Bonchev–Trinajstić information content (AvgIpc) is 3.04. The van der Waals surface area contributed by atoms with E-state index in [2.05, 4.69) is 33.0 Å². The summed E-state index contributed by atoms with van der Waals surface area (Å²) in [5.41, 5.74) is 1.14. The number of halogens is 2. The Hall–Kier alpha value is -0.860. The van der Waals surface area contributed by atoms with E-state index in [1.54, 1.807) is 0 Å². The Balaban J connectivity index is 0.00000150. The van der Waals surface area contributed by atoms with Crippen LogP contribution in [0, 0.1) is 0 Å². The third-order valence-electron chi connectivity index (χ3n) is 6.09. The van der Waals surface area contributed by atoms with Crippen LogP contribution in [0.25, 0.3) is 0 Å². The lowest BCUT2D eigenvalue weighted by molar-refractivity contribution is 0.122. The number of nitrogens with one attached hydrogen (secondary N) is 1. The Morgan fingerprint density at radius 2 is 1.72 bits per heavy atom. The largest absolute Gasteiger partial charge is 0.378 e. The molecule has 0 bridgehead atoms. The van der Waals surface area contributed by atoms with Crippen LogP contribution in [0.2, 0.25) is 0 Å². The van der Waals surface area contributed by atoms with Gasteiger partial charge in [0.05, 0.1) is 13.2 Å². The molecule has 1 aromatic rings. The van der Waals surface area contributed by atoms with Gasteiger partial charge in [-0.1, -0.05) is 6.92 Å². The van der Waals surface area contributed by atoms with Crippen LogP contribution < -0.4 is 15.1 Å². The number of nitrogens with zero attached hydrogens (tertiary/aromatic N) is 5. The van der Waals surface area contributed by atoms with E-state index in [4.69, 9.17) is 14.7 Å². The van der Waals surface area contributed by atoms with Crippen molar-refractivity contribution in [2.45, 2.75) is 38.6 Å². The first-order valence-corrected chi connectivity index (χ1v) is 10.7. The first-order chi connectivity index (χ1) is 13.3. The summed E-state index contributed by atoms with van der Waals surface area (Å²) >= 11 is 0. The zero-order valence-corrected chi connectivity index (χ0v) is 19.1. The first kappa shape index (κ1) is 24.4. The van der Waals surface area contributed by atoms with Crippen molar-refractivity contribution in [3.05, 3.63) is 11.8 Å². The Morgan fingerprint density at radius 1 is 0.966 bits per heavy atom. The molecule has 9 heteroatoms. The Kier molecular flexibility index (Phi) is 10.2. The molecule has 0 unspecified atom stereocenters. The fourth-order valence-corrected chi connectivity index (χ4v) is 4.41. The Labute approximate surface area is 187 Å². The second-order valence-electron chi connectivity index (χ2n) is 7.83. The summed E-state index contributed by atoms with van der Waals surface area (Å²) in [4.78, 5) is 17.2. The maximum Gasteiger partial charge on any atom is 0.227 e. The van der Waals surface area contributed by atoms with E-state index < -0.39 is 0 Å². The summed E-state index contributed by atoms with van der Waals surface area (Å²) in [5, 5.41) is 3.52. The number of anilines is 2. The lowest BCUT2D eigenvalue weighted by Gasteiger charge is -2.39. The quantitative estimate of drug-likeness (QED) is 0.758. The van der Waals surface area contributed by atoms with Crippen LogP contribution in [0.3, 0.4) is 0 Å². The van der Waals surface area contributed by atoms with Gasteiger partial charge in [-0.15, -0.1) is 24.8 Å². The van der Waals surface area contributed by atoms with Crippen molar-refractivity contribution < 1.29 is 4.74 Å². The van der Waals surface area contributed by atoms with Gasteiger partial charge in [0.25, 0.3) is 0 Å². The lowest BCUT2D eigenvalue weighted by atomic mass is 10.0. The van der Waals surface area contributed by atoms with Gasteiger partial charge in [0, 0.05) is 57.1 Å². The highest BCUT2D eigenvalue weighted by atomic mass is 35.5. The molecule has 3 saturated heterocycles. The van der Waals surface area contributed by atoms with Gasteiger partial charge in [0.1, 0.15) is 5.82 Å². The molecule has 0 atom stereocenters. The van der Waals surface area contributed by atoms with E-state index in [0.29, 0.717) is 0 Å². The van der Waals surface area contributed by atoms with E-state index >= 15 is 0 Å². The van der Waals surface area contributed by atoms with E-state index in [1.807, 2.05) is 0 Å². The number of rotatable bonds is 4. The van der Waals surface area contributed by atoms with Crippen molar-refractivity contribution in [3.8, 4) is 0 Å². The predicted octanol–water partition coefficient (Wildman–Crippen LogP) is 1.98. The zero-order valence-electron chi connectivity index (χ0n) is 17.5. The van der Waals surface area contributed by atoms with Crippen LogP contribution in [0.15, 0.2) is 6.07 Å². The number of ether oxygens (including phenoxy) is 1. The molecule has 3 fully saturated rings. The monoisotopic (exact) mass is 446 g/mol. The highest BCUT2D eigenvalue weighted by Crippen LogP contribution is 2.24. The maximum absolute atomic E-state index is 5.49. The van der Waals surface area contributed by atoms with Crippen molar-refractivity contribution in [2.75, 3.05) is 75.4 Å². The summed E-state index contributed by atoms with van der Waals surface area (Å²) in [6, 6.07) is 2.92. The average molecular weight is 447 g/mol. The van der Waals surface area contributed by atoms with E-state index in [9.17, 15) is 0 Å². The SMILES string of the molecule is CCc1cc(N2CCC(N3CCCNCC3)CC2)nc(N2CCOCC2)n1.Cl.Cl. The summed E-state index contributed by atoms with van der Waals surface area (Å²) < 4.78 is 5.49. The second-order valence-corrected chi connectivity index (χ2v) is 7.83. The zero-order chi connectivity index (χ0) is 18.5. The van der Waals surface area contributed by atoms with E-state index in [-0.39, 0.29) is 24.8 Å². The Bertz CT molecular complexity index is 601. The second kappa shape index (κ2) is 12.1. The molecule has 4 heterocycles. The molecule has 3 aliphatic heterocycles. The highest BCUT2D eigenvalue weighted by molar-refractivity contribution is 5.85. The van der Waals surface area contributed by atoms with Gasteiger partial charge in [-0.3, -0.25) is 4.90 Å². The number of hydrogen-bond donors (Lipinski definition) is 1. The van der Waals surface area contributed by atoms with Gasteiger partial charge in [-0.25, -0.2) is 4.98 Å². The molecular weight excluding hydrogens is 411 g/mol. The van der Waals surface area contributed by atoms with Gasteiger partial charge in [0.2, 0.25) is 5.95 Å². The van der Waals surface area contributed by atoms with Crippen molar-refractivity contribution in [3.63, 3.8) is 0 Å². The number of aromatic nitrogens is 2. The molecule has 0 radical (unpaired) electrons. The molecule has 0 aliphatic carbocycles. The van der Waals surface area contributed by atoms with Crippen molar-refractivity contribution in [1.82, 2.24) is 20.2 Å². The minimum absolute atomic E-state index is 0. The molecule has 166 valence electrons. The third-order valence-corrected chi connectivity index (χ3v) is 6.09. The number of hydrogen-bond acceptors (Lipinski definition) is 7. The maximum atomic E-state index is 5.49. The van der Waals surface area contributed by atoms with Gasteiger partial charge in [0.15, 0.2) is 0 Å². The third kappa shape index (κ3) is 6.31. The summed E-state index contributed by atoms with van der Waals surface area (Å²) in [6.45, 7) is 12.4. The number of piperidine rings is 1. The van der Waals surface area contributed by atoms with E-state index in [0.717, 1.165) is 75.9 Å². The summed E-state index contributed by atoms with van der Waals surface area (Å²) in [6.07, 6.45) is 4.69. The number of morpholine rings is 1. The van der Waals surface area contributed by atoms with Gasteiger partial charge >= 0.3 is 0 Å². The standard InChI is InChI=1S/C20H34N6O.2ClH/c1-2-17-16-19(23-20(22-17)26-12-14-27-15-13-26)25-9-4-18(5-10-25)24-8-3-6-21-7-11-24;;/h16,18,21H,2-15H2,1H3;2*1H. The van der Waals surface area contributed by atoms with Crippen molar-refractivity contribution >= 4 is 36.6 Å². The van der Waals surface area contributed by atoms with Gasteiger partial charge in [-0.05, 0) is 38.8 Å². The molecule has 1 N–H and O–H groups in total. The molecule has 1 aromatic heterocycles. The molecular formula is C20H36Cl2N6O. The van der Waals surface area contributed by atoms with Gasteiger partial charge < -0.3 is 19.9 Å².